The van der Waals surface area contributed by atoms with Crippen molar-refractivity contribution < 1.29 is 14.3 Å². The van der Waals surface area contributed by atoms with E-state index in [1.165, 1.54) is 0 Å². The maximum Gasteiger partial charge on any atom is 0.338 e. The number of carbonyl (C=O) groups excluding carboxylic acids is 2. The zero-order valence-electron chi connectivity index (χ0n) is 17.2. The fourth-order valence-corrected chi connectivity index (χ4v) is 3.76. The van der Waals surface area contributed by atoms with Crippen LogP contribution < -0.4 is 5.32 Å². The Hall–Kier alpha value is -2.38. The minimum atomic E-state index is -0.508. The van der Waals surface area contributed by atoms with E-state index in [9.17, 15) is 9.59 Å². The van der Waals surface area contributed by atoms with E-state index in [-0.39, 0.29) is 12.0 Å². The van der Waals surface area contributed by atoms with Crippen LogP contribution in [-0.2, 0) is 9.53 Å². The SMILES string of the molecule is CCOC(=O)C1=C(CN2CCN(C)CC2)N(C)C(=O)NC1c1ccccc1C. The van der Waals surface area contributed by atoms with Crippen molar-refractivity contribution in [3.63, 3.8) is 0 Å². The van der Waals surface area contributed by atoms with Crippen LogP contribution in [0.15, 0.2) is 35.5 Å². The molecule has 152 valence electrons. The highest BCUT2D eigenvalue weighted by Crippen LogP contribution is 2.33. The highest BCUT2D eigenvalue weighted by atomic mass is 16.5. The third-order valence-electron chi connectivity index (χ3n) is 5.54. The minimum absolute atomic E-state index is 0.203. The lowest BCUT2D eigenvalue weighted by Gasteiger charge is -2.39. The van der Waals surface area contributed by atoms with E-state index >= 15 is 0 Å². The zero-order chi connectivity index (χ0) is 20.3. The Balaban J connectivity index is 2.03. The van der Waals surface area contributed by atoms with Gasteiger partial charge in [-0.05, 0) is 32.0 Å². The lowest BCUT2D eigenvalue weighted by Crippen LogP contribution is -2.51. The highest BCUT2D eigenvalue weighted by molar-refractivity contribution is 5.95. The largest absolute Gasteiger partial charge is 0.463 e. The summed E-state index contributed by atoms with van der Waals surface area (Å²) >= 11 is 0. The first-order valence-corrected chi connectivity index (χ1v) is 9.83. The lowest BCUT2D eigenvalue weighted by atomic mass is 9.91. The second-order valence-electron chi connectivity index (χ2n) is 7.46. The normalized spacial score (nSPS) is 21.6. The molecule has 0 aromatic heterocycles. The number of ether oxygens (including phenoxy) is 1. The van der Waals surface area contributed by atoms with Crippen LogP contribution in [0.25, 0.3) is 0 Å². The van der Waals surface area contributed by atoms with Crippen molar-refractivity contribution in [2.24, 2.45) is 0 Å². The first-order chi connectivity index (χ1) is 13.4. The monoisotopic (exact) mass is 386 g/mol. The molecule has 1 atom stereocenters. The predicted molar refractivity (Wildman–Crippen MR) is 108 cm³/mol. The number of nitrogens with one attached hydrogen (secondary N) is 1. The van der Waals surface area contributed by atoms with E-state index in [0.29, 0.717) is 18.7 Å². The van der Waals surface area contributed by atoms with Gasteiger partial charge in [0.15, 0.2) is 0 Å². The number of benzene rings is 1. The summed E-state index contributed by atoms with van der Waals surface area (Å²) in [5, 5.41) is 2.99. The number of piperazine rings is 1. The molecule has 2 heterocycles. The first kappa shape index (κ1) is 20.4. The number of esters is 1. The van der Waals surface area contributed by atoms with E-state index in [1.807, 2.05) is 31.2 Å². The van der Waals surface area contributed by atoms with Gasteiger partial charge in [-0.2, -0.15) is 0 Å². The van der Waals surface area contributed by atoms with Gasteiger partial charge >= 0.3 is 12.0 Å². The van der Waals surface area contributed by atoms with Crippen molar-refractivity contribution in [1.82, 2.24) is 20.0 Å². The molecule has 7 heteroatoms. The highest BCUT2D eigenvalue weighted by Gasteiger charge is 2.37. The third kappa shape index (κ3) is 4.20. The predicted octanol–water partition coefficient (Wildman–Crippen LogP) is 1.76. The summed E-state index contributed by atoms with van der Waals surface area (Å²) in [7, 11) is 3.82. The summed E-state index contributed by atoms with van der Waals surface area (Å²) in [6.07, 6.45) is 0. The van der Waals surface area contributed by atoms with Crippen LogP contribution in [0.2, 0.25) is 0 Å². The van der Waals surface area contributed by atoms with Gasteiger partial charge in [-0.3, -0.25) is 9.80 Å². The summed E-state index contributed by atoms with van der Waals surface area (Å²) in [5.74, 6) is -0.369. The Bertz CT molecular complexity index is 769. The number of hydrogen-bond donors (Lipinski definition) is 1. The number of amides is 2. The van der Waals surface area contributed by atoms with Crippen molar-refractivity contribution in [2.45, 2.75) is 19.9 Å². The van der Waals surface area contributed by atoms with Crippen molar-refractivity contribution >= 4 is 12.0 Å². The maximum atomic E-state index is 13.0. The van der Waals surface area contributed by atoms with Crippen LogP contribution in [-0.4, -0.2) is 80.1 Å². The van der Waals surface area contributed by atoms with Gasteiger partial charge in [-0.15, -0.1) is 0 Å². The summed E-state index contributed by atoms with van der Waals surface area (Å²) in [6.45, 7) is 8.38. The van der Waals surface area contributed by atoms with E-state index in [4.69, 9.17) is 4.74 Å². The molecule has 0 saturated carbocycles. The molecule has 1 saturated heterocycles. The molecular formula is C21H30N4O3. The number of aryl methyl sites for hydroxylation is 1. The van der Waals surface area contributed by atoms with Gasteiger partial charge in [0.05, 0.1) is 18.2 Å². The van der Waals surface area contributed by atoms with Gasteiger partial charge < -0.3 is 15.0 Å². The number of nitrogens with zero attached hydrogens (tertiary/aromatic N) is 3. The molecule has 0 aliphatic carbocycles. The fraction of sp³-hybridized carbons (Fsp3) is 0.524. The van der Waals surface area contributed by atoms with Crippen LogP contribution >= 0.6 is 0 Å². The molecule has 2 aliphatic heterocycles. The molecule has 1 unspecified atom stereocenters. The minimum Gasteiger partial charge on any atom is -0.463 e. The van der Waals surface area contributed by atoms with Crippen molar-refractivity contribution in [1.29, 1.82) is 0 Å². The van der Waals surface area contributed by atoms with Gasteiger partial charge in [0.25, 0.3) is 0 Å². The summed E-state index contributed by atoms with van der Waals surface area (Å²) in [5.41, 5.74) is 3.19. The van der Waals surface area contributed by atoms with Gasteiger partial charge in [0, 0.05) is 45.5 Å². The molecule has 28 heavy (non-hydrogen) atoms. The molecule has 1 aromatic carbocycles. The zero-order valence-corrected chi connectivity index (χ0v) is 17.2. The maximum absolute atomic E-state index is 13.0. The van der Waals surface area contributed by atoms with E-state index in [2.05, 4.69) is 22.2 Å². The molecule has 3 rings (SSSR count). The second-order valence-corrected chi connectivity index (χ2v) is 7.46. The van der Waals surface area contributed by atoms with Gasteiger partial charge in [-0.1, -0.05) is 24.3 Å². The number of likely N-dealkylation sites (N-methyl/N-ethyl adjacent to an activating group) is 2. The smallest absolute Gasteiger partial charge is 0.338 e. The van der Waals surface area contributed by atoms with Crippen molar-refractivity contribution in [2.75, 3.05) is 53.4 Å². The Morgan fingerprint density at radius 1 is 1.18 bits per heavy atom. The van der Waals surface area contributed by atoms with Crippen LogP contribution in [0.3, 0.4) is 0 Å². The Morgan fingerprint density at radius 2 is 1.86 bits per heavy atom. The molecule has 0 spiro atoms. The number of rotatable bonds is 5. The quantitative estimate of drug-likeness (QED) is 0.781. The van der Waals surface area contributed by atoms with E-state index in [0.717, 1.165) is 43.0 Å². The summed E-state index contributed by atoms with van der Waals surface area (Å²) in [4.78, 5) is 31.8. The summed E-state index contributed by atoms with van der Waals surface area (Å²) < 4.78 is 5.39. The fourth-order valence-electron chi connectivity index (χ4n) is 3.76. The topological polar surface area (TPSA) is 65.1 Å². The Labute approximate surface area is 166 Å². The van der Waals surface area contributed by atoms with Crippen molar-refractivity contribution in [3.05, 3.63) is 46.7 Å². The standard InChI is InChI=1S/C21H30N4O3/c1-5-28-20(26)18-17(14-25-12-10-23(3)11-13-25)24(4)21(27)22-19(18)16-9-7-6-8-15(16)2/h6-9,19H,5,10-14H2,1-4H3,(H,22,27). The van der Waals surface area contributed by atoms with Gasteiger partial charge in [-0.25, -0.2) is 9.59 Å². The molecule has 1 N–H and O–H groups in total. The van der Waals surface area contributed by atoms with Gasteiger partial charge in [0.2, 0.25) is 0 Å². The average Bonchev–Trinajstić information content (AvgIpc) is 2.67. The van der Waals surface area contributed by atoms with E-state index < -0.39 is 6.04 Å². The van der Waals surface area contributed by atoms with Crippen LogP contribution in [0.4, 0.5) is 4.79 Å². The van der Waals surface area contributed by atoms with Crippen LogP contribution in [0.1, 0.15) is 24.1 Å². The first-order valence-electron chi connectivity index (χ1n) is 9.83. The average molecular weight is 386 g/mol. The molecular weight excluding hydrogens is 356 g/mol. The van der Waals surface area contributed by atoms with Crippen LogP contribution in [0, 0.1) is 6.92 Å². The number of carbonyl (C=O) groups is 2. The Kier molecular flexibility index (Phi) is 6.36. The molecule has 2 amide bonds. The summed E-state index contributed by atoms with van der Waals surface area (Å²) in [6, 6.07) is 7.11. The third-order valence-corrected chi connectivity index (χ3v) is 5.54. The van der Waals surface area contributed by atoms with Gasteiger partial charge in [0.1, 0.15) is 0 Å². The lowest BCUT2D eigenvalue weighted by molar-refractivity contribution is -0.139. The number of urea groups is 1. The second kappa shape index (κ2) is 8.75. The Morgan fingerprint density at radius 3 is 2.50 bits per heavy atom. The molecule has 1 aromatic rings. The molecule has 0 bridgehead atoms. The number of hydrogen-bond acceptors (Lipinski definition) is 5. The molecule has 2 aliphatic rings. The van der Waals surface area contributed by atoms with Crippen LogP contribution in [0.5, 0.6) is 0 Å². The van der Waals surface area contributed by atoms with E-state index in [1.54, 1.807) is 18.9 Å². The molecule has 1 fully saturated rings. The molecule has 0 radical (unpaired) electrons. The molecule has 7 nitrogen and oxygen atoms in total. The van der Waals surface area contributed by atoms with Crippen molar-refractivity contribution in [3.8, 4) is 0 Å².